The Hall–Kier alpha value is -0.920. The Balaban J connectivity index is 2.92. The highest BCUT2D eigenvalue weighted by atomic mass is 32.2. The van der Waals surface area contributed by atoms with Gasteiger partial charge in [0.25, 0.3) is 0 Å². The van der Waals surface area contributed by atoms with Crippen molar-refractivity contribution in [3.63, 3.8) is 0 Å². The lowest BCUT2D eigenvalue weighted by Gasteiger charge is -2.32. The number of likely N-dealkylation sites (tertiary alicyclic amines) is 1. The second kappa shape index (κ2) is 6.49. The molecule has 1 fully saturated rings. The van der Waals surface area contributed by atoms with Crippen molar-refractivity contribution in [2.45, 2.75) is 32.7 Å². The van der Waals surface area contributed by atoms with Crippen LogP contribution in [0.1, 0.15) is 26.7 Å². The van der Waals surface area contributed by atoms with Gasteiger partial charge in [-0.25, -0.2) is 4.79 Å². The predicted octanol–water partition coefficient (Wildman–Crippen LogP) is 1.04. The third-order valence-electron chi connectivity index (χ3n) is 3.74. The van der Waals surface area contributed by atoms with Gasteiger partial charge in [-0.2, -0.15) is 9.28 Å². The SMILES string of the molecule is CC(=O)SCC(CN)C(=O)[N+]1(C(=O)O)CCC[C@H]1C. The first-order valence-corrected chi connectivity index (χ1v) is 7.34. The Morgan fingerprint density at radius 1 is 1.47 bits per heavy atom. The second-order valence-electron chi connectivity index (χ2n) is 4.94. The van der Waals surface area contributed by atoms with Crippen LogP contribution >= 0.6 is 11.8 Å². The van der Waals surface area contributed by atoms with Gasteiger partial charge < -0.3 is 10.8 Å². The van der Waals surface area contributed by atoms with Crippen molar-refractivity contribution < 1.29 is 24.0 Å². The van der Waals surface area contributed by atoms with Gasteiger partial charge in [-0.05, 0) is 6.92 Å². The van der Waals surface area contributed by atoms with Crippen molar-refractivity contribution in [2.24, 2.45) is 11.7 Å². The summed E-state index contributed by atoms with van der Waals surface area (Å²) in [6.45, 7) is 3.59. The maximum atomic E-state index is 12.5. The highest BCUT2D eigenvalue weighted by Gasteiger charge is 2.54. The molecule has 0 aromatic rings. The number of amides is 2. The molecule has 2 unspecified atom stereocenters. The molecule has 0 aromatic heterocycles. The molecular weight excluding hydrogens is 268 g/mol. The normalized spacial score (nSPS) is 28.1. The molecule has 1 aliphatic rings. The minimum Gasteiger partial charge on any atom is -0.435 e. The van der Waals surface area contributed by atoms with Crippen LogP contribution < -0.4 is 5.73 Å². The van der Waals surface area contributed by atoms with E-state index in [1.807, 2.05) is 0 Å². The molecule has 6 nitrogen and oxygen atoms in total. The number of rotatable bonds is 4. The van der Waals surface area contributed by atoms with E-state index in [4.69, 9.17) is 5.73 Å². The second-order valence-corrected chi connectivity index (χ2v) is 6.14. The van der Waals surface area contributed by atoms with E-state index in [0.717, 1.165) is 24.6 Å². The van der Waals surface area contributed by atoms with E-state index in [9.17, 15) is 19.5 Å². The molecule has 0 aliphatic carbocycles. The van der Waals surface area contributed by atoms with E-state index >= 15 is 0 Å². The number of nitrogens with two attached hydrogens (primary N) is 1. The summed E-state index contributed by atoms with van der Waals surface area (Å²) in [7, 11) is 0. The van der Waals surface area contributed by atoms with Crippen molar-refractivity contribution in [1.82, 2.24) is 0 Å². The fraction of sp³-hybridized carbons (Fsp3) is 0.750. The Bertz CT molecular complexity index is 388. The Morgan fingerprint density at radius 2 is 2.11 bits per heavy atom. The van der Waals surface area contributed by atoms with Gasteiger partial charge in [0.05, 0.1) is 12.5 Å². The molecule has 0 radical (unpaired) electrons. The zero-order valence-corrected chi connectivity index (χ0v) is 12.1. The summed E-state index contributed by atoms with van der Waals surface area (Å²) >= 11 is 1.02. The van der Waals surface area contributed by atoms with E-state index in [1.54, 1.807) is 6.92 Å². The molecule has 19 heavy (non-hydrogen) atoms. The molecule has 1 aliphatic heterocycles. The van der Waals surface area contributed by atoms with Gasteiger partial charge in [-0.15, -0.1) is 0 Å². The molecule has 1 rings (SSSR count). The molecule has 1 heterocycles. The summed E-state index contributed by atoms with van der Waals surface area (Å²) in [5.74, 6) is -0.704. The molecule has 0 saturated carbocycles. The Morgan fingerprint density at radius 3 is 2.47 bits per heavy atom. The number of imide groups is 1. The van der Waals surface area contributed by atoms with E-state index in [-0.39, 0.29) is 29.4 Å². The molecule has 0 aromatic carbocycles. The monoisotopic (exact) mass is 289 g/mol. The summed E-state index contributed by atoms with van der Waals surface area (Å²) in [4.78, 5) is 35.1. The van der Waals surface area contributed by atoms with E-state index in [2.05, 4.69) is 0 Å². The lowest BCUT2D eigenvalue weighted by atomic mass is 10.1. The number of hydrogen-bond acceptors (Lipinski definition) is 5. The third-order valence-corrected chi connectivity index (χ3v) is 4.72. The lowest BCUT2D eigenvalue weighted by Crippen LogP contribution is -2.61. The van der Waals surface area contributed by atoms with Crippen LogP contribution in [-0.4, -0.2) is 51.6 Å². The van der Waals surface area contributed by atoms with Crippen LogP contribution in [0.2, 0.25) is 0 Å². The van der Waals surface area contributed by atoms with Crippen LogP contribution in [0.15, 0.2) is 0 Å². The summed E-state index contributed by atoms with van der Waals surface area (Å²) < 4.78 is -0.541. The predicted molar refractivity (Wildman–Crippen MR) is 72.5 cm³/mol. The third kappa shape index (κ3) is 3.16. The summed E-state index contributed by atoms with van der Waals surface area (Å²) in [6.07, 6.45) is 0.326. The van der Waals surface area contributed by atoms with Crippen molar-refractivity contribution in [2.75, 3.05) is 18.8 Å². The number of carbonyl (C=O) groups is 3. The fourth-order valence-corrected chi connectivity index (χ4v) is 3.28. The van der Waals surface area contributed by atoms with Crippen molar-refractivity contribution in [3.8, 4) is 0 Å². The van der Waals surface area contributed by atoms with Crippen LogP contribution in [0, 0.1) is 5.92 Å². The zero-order chi connectivity index (χ0) is 14.6. The first kappa shape index (κ1) is 16.1. The largest absolute Gasteiger partial charge is 0.521 e. The van der Waals surface area contributed by atoms with Crippen LogP contribution in [0.3, 0.4) is 0 Å². The smallest absolute Gasteiger partial charge is 0.435 e. The topological polar surface area (TPSA) is 97.5 Å². The molecule has 0 bridgehead atoms. The molecule has 1 saturated heterocycles. The molecule has 7 heteroatoms. The van der Waals surface area contributed by atoms with E-state index in [0.29, 0.717) is 6.54 Å². The summed E-state index contributed by atoms with van der Waals surface area (Å²) in [6, 6.07) is -0.235. The number of nitrogens with zero attached hydrogens (tertiary/aromatic N) is 1. The Labute approximate surface area is 116 Å². The average molecular weight is 289 g/mol. The van der Waals surface area contributed by atoms with Gasteiger partial charge >= 0.3 is 12.0 Å². The first-order valence-electron chi connectivity index (χ1n) is 6.35. The molecule has 3 atom stereocenters. The van der Waals surface area contributed by atoms with Crippen molar-refractivity contribution in [1.29, 1.82) is 0 Å². The highest BCUT2D eigenvalue weighted by Crippen LogP contribution is 2.30. The van der Waals surface area contributed by atoms with Crippen LogP contribution in [0.4, 0.5) is 4.79 Å². The summed E-state index contributed by atoms with van der Waals surface area (Å²) in [5, 5.41) is 9.37. The number of thioether (sulfide) groups is 1. The Kier molecular flexibility index (Phi) is 5.51. The van der Waals surface area contributed by atoms with Crippen LogP contribution in [-0.2, 0) is 9.59 Å². The van der Waals surface area contributed by atoms with Gasteiger partial charge in [-0.1, -0.05) is 11.8 Å². The molecule has 2 amide bonds. The van der Waals surface area contributed by atoms with Crippen LogP contribution in [0.25, 0.3) is 0 Å². The van der Waals surface area contributed by atoms with Crippen molar-refractivity contribution >= 4 is 28.9 Å². The maximum absolute atomic E-state index is 12.5. The minimum absolute atomic E-state index is 0.0686. The molecule has 0 spiro atoms. The molecular formula is C12H21N2O4S+. The number of hydrogen-bond donors (Lipinski definition) is 2. The van der Waals surface area contributed by atoms with Gasteiger partial charge in [0, 0.05) is 32.1 Å². The number of carbonyl (C=O) groups excluding carboxylic acids is 2. The maximum Gasteiger partial charge on any atom is 0.521 e. The highest BCUT2D eigenvalue weighted by molar-refractivity contribution is 8.13. The first-order chi connectivity index (χ1) is 8.86. The standard InChI is InChI=1S/C12H20N2O4S/c1-8-4-3-5-14(8,12(17)18)11(16)10(6-13)7-19-9(2)15/h8,10H,3-7,13H2,1-2H3/p+1/t8-,10?,14?/m1/s1. The van der Waals surface area contributed by atoms with Gasteiger partial charge in [0.15, 0.2) is 5.12 Å². The fourth-order valence-electron chi connectivity index (χ4n) is 2.57. The van der Waals surface area contributed by atoms with Gasteiger partial charge in [0.2, 0.25) is 0 Å². The van der Waals surface area contributed by atoms with E-state index in [1.165, 1.54) is 6.92 Å². The van der Waals surface area contributed by atoms with Gasteiger partial charge in [0.1, 0.15) is 6.04 Å². The van der Waals surface area contributed by atoms with Gasteiger partial charge in [-0.3, -0.25) is 4.79 Å². The molecule has 3 N–H and O–H groups in total. The van der Waals surface area contributed by atoms with Crippen LogP contribution in [0.5, 0.6) is 0 Å². The lowest BCUT2D eigenvalue weighted by molar-refractivity contribution is -0.793. The number of quaternary nitrogens is 1. The average Bonchev–Trinajstić information content (AvgIpc) is 2.72. The zero-order valence-electron chi connectivity index (χ0n) is 11.3. The minimum atomic E-state index is -1.11. The van der Waals surface area contributed by atoms with Crippen molar-refractivity contribution in [3.05, 3.63) is 0 Å². The van der Waals surface area contributed by atoms with E-state index < -0.39 is 16.5 Å². The molecule has 108 valence electrons. The summed E-state index contributed by atoms with van der Waals surface area (Å²) in [5.41, 5.74) is 5.58. The quantitative estimate of drug-likeness (QED) is 0.751. The number of carboxylic acid groups (broad SMARTS) is 1.